The van der Waals surface area contributed by atoms with Gasteiger partial charge in [0, 0.05) is 23.8 Å². The molecule has 1 unspecified atom stereocenters. The Kier molecular flexibility index (Phi) is 2.11. The van der Waals surface area contributed by atoms with Crippen molar-refractivity contribution >= 4 is 17.3 Å². The molecule has 1 atom stereocenters. The number of carbonyl (C=O) groups is 1. The number of rotatable bonds is 1. The zero-order chi connectivity index (χ0) is 11.9. The molecule has 0 saturated heterocycles. The van der Waals surface area contributed by atoms with Crippen molar-refractivity contribution in [2.45, 2.75) is 6.42 Å². The van der Waals surface area contributed by atoms with Crippen molar-refractivity contribution < 1.29 is 4.79 Å². The van der Waals surface area contributed by atoms with E-state index in [4.69, 9.17) is 0 Å². The van der Waals surface area contributed by atoms with Crippen LogP contribution in [0, 0.1) is 5.21 Å². The maximum absolute atomic E-state index is 12.8. The monoisotopic (exact) mass is 225 g/mol. The minimum absolute atomic E-state index is 0.217. The van der Waals surface area contributed by atoms with Crippen molar-refractivity contribution in [2.24, 2.45) is 0 Å². The van der Waals surface area contributed by atoms with Gasteiger partial charge in [0.1, 0.15) is 11.4 Å². The second kappa shape index (κ2) is 3.52. The van der Waals surface area contributed by atoms with Crippen LogP contribution in [-0.2, 0) is 11.2 Å². The van der Waals surface area contributed by atoms with Gasteiger partial charge < -0.3 is 5.21 Å². The standard InChI is InChI=1S/C14H11NO2/c16-14-10-11-6-4-5-9-13(11)15(14,17)12-7-2-1-3-8-12/h1-9H,10H2. The van der Waals surface area contributed by atoms with Crippen molar-refractivity contribution in [1.82, 2.24) is 4.65 Å². The van der Waals surface area contributed by atoms with Crippen LogP contribution >= 0.6 is 0 Å². The van der Waals surface area contributed by atoms with Gasteiger partial charge in [-0.15, -0.1) is 0 Å². The predicted molar refractivity (Wildman–Crippen MR) is 66.4 cm³/mol. The van der Waals surface area contributed by atoms with Crippen molar-refractivity contribution in [2.75, 3.05) is 0 Å². The SMILES string of the molecule is O=C1Cc2ccccc2[N+]1([O-])c1ccccc1. The number of quaternary nitrogens is 1. The highest BCUT2D eigenvalue weighted by atomic mass is 16.6. The number of amides is 1. The molecule has 3 heteroatoms. The second-order valence-electron chi connectivity index (χ2n) is 4.14. The van der Waals surface area contributed by atoms with Gasteiger partial charge in [0.25, 0.3) is 0 Å². The average molecular weight is 225 g/mol. The lowest BCUT2D eigenvalue weighted by Gasteiger charge is -2.34. The molecule has 0 aliphatic carbocycles. The van der Waals surface area contributed by atoms with Crippen LogP contribution in [-0.4, -0.2) is 5.91 Å². The predicted octanol–water partition coefficient (Wildman–Crippen LogP) is 2.91. The molecule has 1 aliphatic rings. The topological polar surface area (TPSA) is 40.1 Å². The van der Waals surface area contributed by atoms with Gasteiger partial charge in [0.05, 0.1) is 6.42 Å². The van der Waals surface area contributed by atoms with Crippen molar-refractivity contribution in [3.63, 3.8) is 0 Å². The van der Waals surface area contributed by atoms with Crippen molar-refractivity contribution in [1.29, 1.82) is 0 Å². The molecule has 17 heavy (non-hydrogen) atoms. The normalized spacial score (nSPS) is 22.5. The first-order valence-electron chi connectivity index (χ1n) is 5.50. The molecule has 1 aliphatic heterocycles. The quantitative estimate of drug-likeness (QED) is 0.553. The lowest BCUT2D eigenvalue weighted by Crippen LogP contribution is -2.40. The van der Waals surface area contributed by atoms with Gasteiger partial charge in [-0.3, -0.25) is 0 Å². The van der Waals surface area contributed by atoms with E-state index in [0.29, 0.717) is 11.4 Å². The van der Waals surface area contributed by atoms with E-state index in [1.807, 2.05) is 18.2 Å². The van der Waals surface area contributed by atoms with Crippen LogP contribution in [0.2, 0.25) is 0 Å². The third kappa shape index (κ3) is 1.33. The van der Waals surface area contributed by atoms with Gasteiger partial charge >= 0.3 is 5.91 Å². The lowest BCUT2D eigenvalue weighted by atomic mass is 10.2. The molecule has 0 fully saturated rings. The second-order valence-corrected chi connectivity index (χ2v) is 4.14. The van der Waals surface area contributed by atoms with E-state index in [9.17, 15) is 10.0 Å². The number of fused-ring (bicyclic) bond motifs is 1. The Morgan fingerprint density at radius 2 is 1.59 bits per heavy atom. The molecular weight excluding hydrogens is 214 g/mol. The Bertz CT molecular complexity index is 580. The number of hydrogen-bond acceptors (Lipinski definition) is 2. The summed E-state index contributed by atoms with van der Waals surface area (Å²) in [5.74, 6) is -0.322. The largest absolute Gasteiger partial charge is 0.614 e. The summed E-state index contributed by atoms with van der Waals surface area (Å²) in [5, 5.41) is 12.8. The molecular formula is C14H11NO2. The number of nitrogens with zero attached hydrogens (tertiary/aromatic N) is 1. The maximum atomic E-state index is 12.8. The van der Waals surface area contributed by atoms with Crippen LogP contribution in [0.1, 0.15) is 5.56 Å². The van der Waals surface area contributed by atoms with Crippen molar-refractivity contribution in [3.8, 4) is 0 Å². The zero-order valence-corrected chi connectivity index (χ0v) is 9.17. The highest BCUT2D eigenvalue weighted by molar-refractivity contribution is 6.02. The van der Waals surface area contributed by atoms with Crippen LogP contribution in [0.5, 0.6) is 0 Å². The molecule has 84 valence electrons. The number of carbonyl (C=O) groups excluding carboxylic acids is 1. The van der Waals surface area contributed by atoms with E-state index >= 15 is 0 Å². The summed E-state index contributed by atoms with van der Waals surface area (Å²) in [6.45, 7) is 0. The average Bonchev–Trinajstić information content (AvgIpc) is 2.64. The van der Waals surface area contributed by atoms with E-state index in [1.54, 1.807) is 36.4 Å². The Hall–Kier alpha value is -1.97. The van der Waals surface area contributed by atoms with E-state index in [1.165, 1.54) is 0 Å². The first-order valence-corrected chi connectivity index (χ1v) is 5.50. The lowest BCUT2D eigenvalue weighted by molar-refractivity contribution is -0.124. The highest BCUT2D eigenvalue weighted by Gasteiger charge is 2.41. The van der Waals surface area contributed by atoms with E-state index < -0.39 is 4.65 Å². The molecule has 2 aromatic rings. The first kappa shape index (κ1) is 10.2. The van der Waals surface area contributed by atoms with Gasteiger partial charge in [0.2, 0.25) is 0 Å². The Labute approximate surface area is 99.1 Å². The molecule has 2 aromatic carbocycles. The number of hydroxylamine groups is 1. The van der Waals surface area contributed by atoms with Crippen LogP contribution in [0.3, 0.4) is 0 Å². The molecule has 0 spiro atoms. The Balaban J connectivity index is 2.24. The highest BCUT2D eigenvalue weighted by Crippen LogP contribution is 2.41. The fourth-order valence-corrected chi connectivity index (χ4v) is 2.30. The van der Waals surface area contributed by atoms with Crippen LogP contribution in [0.25, 0.3) is 0 Å². The summed E-state index contributed by atoms with van der Waals surface area (Å²) >= 11 is 0. The Morgan fingerprint density at radius 1 is 0.941 bits per heavy atom. The van der Waals surface area contributed by atoms with Crippen LogP contribution in [0.15, 0.2) is 54.6 Å². The molecule has 0 radical (unpaired) electrons. The number of benzene rings is 2. The number of hydrogen-bond donors (Lipinski definition) is 0. The van der Waals surface area contributed by atoms with E-state index in [0.717, 1.165) is 5.56 Å². The fraction of sp³-hybridized carbons (Fsp3) is 0.0714. The molecule has 1 amide bonds. The van der Waals surface area contributed by atoms with Crippen molar-refractivity contribution in [3.05, 3.63) is 65.4 Å². The molecule has 3 rings (SSSR count). The zero-order valence-electron chi connectivity index (χ0n) is 9.17. The minimum atomic E-state index is -0.961. The van der Waals surface area contributed by atoms with E-state index in [-0.39, 0.29) is 12.3 Å². The third-order valence-corrected chi connectivity index (χ3v) is 3.14. The van der Waals surface area contributed by atoms with Gasteiger partial charge in [-0.25, -0.2) is 9.44 Å². The van der Waals surface area contributed by atoms with E-state index in [2.05, 4.69) is 0 Å². The summed E-state index contributed by atoms with van der Waals surface area (Å²) in [5.41, 5.74) is 1.85. The Morgan fingerprint density at radius 3 is 2.35 bits per heavy atom. The molecule has 0 N–H and O–H groups in total. The van der Waals surface area contributed by atoms with Gasteiger partial charge in [-0.05, 0) is 0 Å². The summed E-state index contributed by atoms with van der Waals surface area (Å²) in [6, 6.07) is 16.0. The minimum Gasteiger partial charge on any atom is -0.614 e. The fourth-order valence-electron chi connectivity index (χ4n) is 2.30. The molecule has 3 nitrogen and oxygen atoms in total. The molecule has 0 aromatic heterocycles. The summed E-state index contributed by atoms with van der Waals surface area (Å²) in [4.78, 5) is 12.0. The van der Waals surface area contributed by atoms with Crippen LogP contribution in [0.4, 0.5) is 11.4 Å². The first-order chi connectivity index (χ1) is 8.23. The molecule has 0 saturated carbocycles. The van der Waals surface area contributed by atoms with Gasteiger partial charge in [0.15, 0.2) is 0 Å². The smallest absolute Gasteiger partial charge is 0.328 e. The third-order valence-electron chi connectivity index (χ3n) is 3.14. The maximum Gasteiger partial charge on any atom is 0.328 e. The summed E-state index contributed by atoms with van der Waals surface area (Å²) < 4.78 is -0.961. The molecule has 1 heterocycles. The number of para-hydroxylation sites is 2. The van der Waals surface area contributed by atoms with Crippen LogP contribution < -0.4 is 4.65 Å². The summed E-state index contributed by atoms with van der Waals surface area (Å²) in [6.07, 6.45) is 0.217. The van der Waals surface area contributed by atoms with Gasteiger partial charge in [-0.1, -0.05) is 36.4 Å². The summed E-state index contributed by atoms with van der Waals surface area (Å²) in [7, 11) is 0. The van der Waals surface area contributed by atoms with Gasteiger partial charge in [-0.2, -0.15) is 0 Å². The molecule has 0 bridgehead atoms.